The van der Waals surface area contributed by atoms with E-state index in [0.29, 0.717) is 19.0 Å². The second-order valence-corrected chi connectivity index (χ2v) is 10.8. The largest absolute Gasteiger partial charge is 0.390 e. The van der Waals surface area contributed by atoms with Gasteiger partial charge in [0.1, 0.15) is 9.87 Å². The maximum Gasteiger partial charge on any atom is 0.219 e. The average Bonchev–Trinajstić information content (AvgIpc) is 3.48. The Morgan fingerprint density at radius 3 is 2.60 bits per heavy atom. The minimum Gasteiger partial charge on any atom is -0.390 e. The Morgan fingerprint density at radius 1 is 1.06 bits per heavy atom. The Morgan fingerprint density at radius 2 is 1.86 bits per heavy atom. The predicted molar refractivity (Wildman–Crippen MR) is 145 cm³/mol. The Balaban J connectivity index is 1.44. The van der Waals surface area contributed by atoms with Crippen LogP contribution in [0.4, 0.5) is 17.6 Å². The molecule has 2 aliphatic rings. The minimum absolute atomic E-state index is 0.0150. The number of pyridine rings is 1. The number of hydrogen-bond acceptors (Lipinski definition) is 11. The van der Waals surface area contributed by atoms with Gasteiger partial charge >= 0.3 is 0 Å². The van der Waals surface area contributed by atoms with Crippen LogP contribution in [0.1, 0.15) is 6.42 Å². The Hall–Kier alpha value is -2.68. The predicted octanol–water partition coefficient (Wildman–Crippen LogP) is 2.96. The molecule has 6 rings (SSSR count). The monoisotopic (exact) mass is 602 g/mol. The molecule has 2 fully saturated rings. The zero-order valence-corrected chi connectivity index (χ0v) is 21.7. The number of aliphatic hydroxyl groups is 1. The quantitative estimate of drug-likeness (QED) is 0.205. The van der Waals surface area contributed by atoms with Crippen LogP contribution in [0.5, 0.6) is 0 Å². The molecule has 3 N–H and O–H groups in total. The van der Waals surface area contributed by atoms with E-state index in [1.165, 1.54) is 0 Å². The van der Waals surface area contributed by atoms with Gasteiger partial charge in [-0.1, -0.05) is 22.6 Å². The van der Waals surface area contributed by atoms with Crippen LogP contribution in [0.25, 0.3) is 32.0 Å². The highest BCUT2D eigenvalue weighted by atomic mass is 127. The normalized spacial score (nSPS) is 20.6. The number of aromatic nitrogens is 5. The van der Waals surface area contributed by atoms with Crippen LogP contribution in [-0.2, 0) is 4.74 Å². The summed E-state index contributed by atoms with van der Waals surface area (Å²) >= 11 is 3.96. The summed E-state index contributed by atoms with van der Waals surface area (Å²) in [5.74, 6) is 2.55. The van der Waals surface area contributed by atoms with Gasteiger partial charge in [-0.15, -0.1) is 11.3 Å². The summed E-state index contributed by atoms with van der Waals surface area (Å²) in [5, 5.41) is 10.2. The number of thiophene rings is 1. The fourth-order valence-corrected chi connectivity index (χ4v) is 6.37. The molecule has 4 aromatic heterocycles. The van der Waals surface area contributed by atoms with Crippen molar-refractivity contribution in [3.63, 3.8) is 0 Å². The van der Waals surface area contributed by atoms with Gasteiger partial charge in [-0.05, 0) is 30.2 Å². The van der Waals surface area contributed by atoms with E-state index in [-0.39, 0.29) is 16.1 Å². The van der Waals surface area contributed by atoms with Crippen LogP contribution >= 0.6 is 33.9 Å². The van der Waals surface area contributed by atoms with Crippen molar-refractivity contribution in [1.29, 1.82) is 0 Å². The highest BCUT2D eigenvalue weighted by molar-refractivity contribution is 14.1. The fraction of sp³-hybridized carbons (Fsp3) is 0.348. The van der Waals surface area contributed by atoms with E-state index in [1.807, 2.05) is 12.3 Å². The van der Waals surface area contributed by atoms with Crippen LogP contribution in [-0.4, -0.2) is 73.0 Å². The lowest BCUT2D eigenvalue weighted by molar-refractivity contribution is 0.122. The number of morpholine rings is 1. The van der Waals surface area contributed by atoms with Crippen molar-refractivity contribution in [2.75, 3.05) is 48.4 Å². The third-order valence-corrected chi connectivity index (χ3v) is 8.87. The number of nitrogen functional groups attached to an aromatic ring is 1. The van der Waals surface area contributed by atoms with Gasteiger partial charge in [0.15, 0.2) is 11.6 Å². The number of ether oxygens (including phenoxy) is 1. The molecule has 0 radical (unpaired) electrons. The number of aliphatic hydroxyl groups excluding tert-OH is 1. The van der Waals surface area contributed by atoms with Gasteiger partial charge in [-0.25, -0.2) is 24.9 Å². The van der Waals surface area contributed by atoms with Crippen molar-refractivity contribution < 1.29 is 9.84 Å². The molecule has 4 aromatic rings. The van der Waals surface area contributed by atoms with E-state index >= 15 is 0 Å². The molecule has 0 spiro atoms. The molecule has 2 saturated heterocycles. The molecule has 6 heterocycles. The molecule has 0 bridgehead atoms. The molecule has 2 atom stereocenters. The lowest BCUT2D eigenvalue weighted by Gasteiger charge is -2.28. The number of anilines is 3. The number of rotatable bonds is 4. The molecule has 10 nitrogen and oxygen atoms in total. The standard InChI is InChI=1S/C23H23IN8O2S/c24-20-16(33)2-4-32(20)18-9-13(1-3-26-18)17-10-15-19(35-17)22(31-5-7-34-8-6-31)30-21(29-15)14-11-27-23(25)28-12-14/h1,3,9-12,16,20,33H,2,4-8H2,(H2,25,27,28). The van der Waals surface area contributed by atoms with Gasteiger partial charge in [0.05, 0.1) is 35.1 Å². The summed E-state index contributed by atoms with van der Waals surface area (Å²) in [7, 11) is 0. The topological polar surface area (TPSA) is 126 Å². The number of hydrogen-bond donors (Lipinski definition) is 2. The van der Waals surface area contributed by atoms with Crippen molar-refractivity contribution in [3.05, 3.63) is 36.8 Å². The minimum atomic E-state index is -0.340. The first-order valence-corrected chi connectivity index (χ1v) is 13.4. The first-order chi connectivity index (χ1) is 17.1. The zero-order chi connectivity index (χ0) is 23.9. The number of nitrogens with zero attached hydrogens (tertiary/aromatic N) is 7. The molecule has 180 valence electrons. The SMILES string of the molecule is Nc1ncc(-c2nc(N3CCOCC3)c3sc(-c4ccnc(N5CCC(O)C5I)c4)cc3n2)cn1. The van der Waals surface area contributed by atoms with Gasteiger partial charge < -0.3 is 25.4 Å². The van der Waals surface area contributed by atoms with Gasteiger partial charge in [0.2, 0.25) is 5.95 Å². The molecule has 35 heavy (non-hydrogen) atoms. The number of nitrogens with two attached hydrogens (primary N) is 1. The summed E-state index contributed by atoms with van der Waals surface area (Å²) < 4.78 is 6.61. The van der Waals surface area contributed by atoms with Gasteiger partial charge in [0, 0.05) is 43.1 Å². The molecular weight excluding hydrogens is 579 g/mol. The van der Waals surface area contributed by atoms with Crippen molar-refractivity contribution in [2.24, 2.45) is 0 Å². The first-order valence-electron chi connectivity index (χ1n) is 11.3. The third-order valence-electron chi connectivity index (χ3n) is 6.20. The number of fused-ring (bicyclic) bond motifs is 1. The second kappa shape index (κ2) is 9.41. The van der Waals surface area contributed by atoms with Gasteiger partial charge in [-0.3, -0.25) is 0 Å². The van der Waals surface area contributed by atoms with Crippen LogP contribution < -0.4 is 15.5 Å². The van der Waals surface area contributed by atoms with E-state index in [1.54, 1.807) is 23.7 Å². The van der Waals surface area contributed by atoms with E-state index in [9.17, 15) is 5.11 Å². The van der Waals surface area contributed by atoms with E-state index in [4.69, 9.17) is 20.4 Å². The summed E-state index contributed by atoms with van der Waals surface area (Å²) in [4.78, 5) is 28.1. The van der Waals surface area contributed by atoms with Crippen molar-refractivity contribution in [2.45, 2.75) is 16.6 Å². The van der Waals surface area contributed by atoms with E-state index in [2.05, 4.69) is 59.5 Å². The number of halogens is 1. The van der Waals surface area contributed by atoms with Crippen LogP contribution in [0, 0.1) is 0 Å². The van der Waals surface area contributed by atoms with Crippen molar-refractivity contribution >= 4 is 61.7 Å². The average molecular weight is 602 g/mol. The summed E-state index contributed by atoms with van der Waals surface area (Å²) in [5.41, 5.74) is 8.33. The van der Waals surface area contributed by atoms with Gasteiger partial charge in [0.25, 0.3) is 0 Å². The van der Waals surface area contributed by atoms with Crippen LogP contribution in [0.3, 0.4) is 0 Å². The van der Waals surface area contributed by atoms with E-state index in [0.717, 1.165) is 63.9 Å². The lowest BCUT2D eigenvalue weighted by Crippen LogP contribution is -2.36. The van der Waals surface area contributed by atoms with Crippen LogP contribution in [0.15, 0.2) is 36.8 Å². The molecule has 2 unspecified atom stereocenters. The lowest BCUT2D eigenvalue weighted by atomic mass is 10.2. The molecule has 2 aliphatic heterocycles. The van der Waals surface area contributed by atoms with Gasteiger partial charge in [-0.2, -0.15) is 0 Å². The third kappa shape index (κ3) is 4.39. The van der Waals surface area contributed by atoms with E-state index < -0.39 is 0 Å². The molecule has 0 amide bonds. The maximum absolute atomic E-state index is 10.2. The molecule has 12 heteroatoms. The van der Waals surface area contributed by atoms with Crippen LogP contribution in [0.2, 0.25) is 0 Å². The highest BCUT2D eigenvalue weighted by Crippen LogP contribution is 2.40. The molecular formula is C23H23IN8O2S. The molecule has 0 aliphatic carbocycles. The summed E-state index contributed by atoms with van der Waals surface area (Å²) in [6, 6.07) is 6.21. The second-order valence-electron chi connectivity index (χ2n) is 8.45. The van der Waals surface area contributed by atoms with Crippen molar-refractivity contribution in [1.82, 2.24) is 24.9 Å². The molecule has 0 aromatic carbocycles. The Bertz CT molecular complexity index is 1360. The summed E-state index contributed by atoms with van der Waals surface area (Å²) in [6.45, 7) is 3.65. The van der Waals surface area contributed by atoms with Crippen molar-refractivity contribution in [3.8, 4) is 21.8 Å². The summed E-state index contributed by atoms with van der Waals surface area (Å²) in [6.07, 6.45) is 5.54. The highest BCUT2D eigenvalue weighted by Gasteiger charge is 2.31. The zero-order valence-electron chi connectivity index (χ0n) is 18.7. The maximum atomic E-state index is 10.2. The smallest absolute Gasteiger partial charge is 0.219 e. The Labute approximate surface area is 219 Å². The fourth-order valence-electron chi connectivity index (χ4n) is 4.34. The number of alkyl halides is 1. The molecule has 0 saturated carbocycles. The Kier molecular flexibility index (Phi) is 6.12. The first kappa shape index (κ1) is 22.8.